The Morgan fingerprint density at radius 3 is 2.70 bits per heavy atom. The van der Waals surface area contributed by atoms with Crippen LogP contribution < -0.4 is 22.3 Å². The number of benzene rings is 1. The summed E-state index contributed by atoms with van der Waals surface area (Å²) in [7, 11) is 0. The molecule has 3 aromatic heterocycles. The first-order chi connectivity index (χ1) is 17.9. The molecule has 1 aliphatic carbocycles. The molecule has 0 spiro atoms. The van der Waals surface area contributed by atoms with Crippen LogP contribution in [-0.2, 0) is 4.79 Å². The van der Waals surface area contributed by atoms with Gasteiger partial charge in [0.1, 0.15) is 21.5 Å². The van der Waals surface area contributed by atoms with Crippen LogP contribution in [0, 0.1) is 12.7 Å². The van der Waals surface area contributed by atoms with Crippen LogP contribution in [0.4, 0.5) is 4.39 Å². The van der Waals surface area contributed by atoms with Crippen molar-refractivity contribution < 1.29 is 9.18 Å². The van der Waals surface area contributed by atoms with E-state index in [1.165, 1.54) is 23.6 Å². The molecule has 0 radical (unpaired) electrons. The van der Waals surface area contributed by atoms with E-state index in [2.05, 4.69) is 25.3 Å². The van der Waals surface area contributed by atoms with Gasteiger partial charge in [-0.05, 0) is 50.8 Å². The van der Waals surface area contributed by atoms with Crippen molar-refractivity contribution in [2.45, 2.75) is 44.7 Å². The molecule has 2 unspecified atom stereocenters. The number of hydrazine groups is 1. The van der Waals surface area contributed by atoms with Crippen LogP contribution in [0.25, 0.3) is 28.1 Å². The van der Waals surface area contributed by atoms with Crippen LogP contribution in [-0.4, -0.2) is 32.0 Å². The Hall–Kier alpha value is -3.54. The third kappa shape index (κ3) is 6.07. The van der Waals surface area contributed by atoms with Gasteiger partial charge in [-0.3, -0.25) is 15.6 Å². The fourth-order valence-electron chi connectivity index (χ4n) is 4.54. The van der Waals surface area contributed by atoms with E-state index in [-0.39, 0.29) is 17.9 Å². The van der Waals surface area contributed by atoms with E-state index < -0.39 is 0 Å². The number of imidazole rings is 1. The Morgan fingerprint density at radius 1 is 1.27 bits per heavy atom. The summed E-state index contributed by atoms with van der Waals surface area (Å²) in [6.07, 6.45) is 8.87. The highest BCUT2D eigenvalue weighted by atomic mass is 35.5. The van der Waals surface area contributed by atoms with Gasteiger partial charge in [0.2, 0.25) is 6.41 Å². The summed E-state index contributed by atoms with van der Waals surface area (Å²) in [5, 5.41) is 3.91. The van der Waals surface area contributed by atoms with Gasteiger partial charge >= 0.3 is 0 Å². The van der Waals surface area contributed by atoms with Gasteiger partial charge in [0, 0.05) is 18.3 Å². The average Bonchev–Trinajstić information content (AvgIpc) is 3.47. The van der Waals surface area contributed by atoms with Crippen molar-refractivity contribution in [3.63, 3.8) is 0 Å². The van der Waals surface area contributed by atoms with Gasteiger partial charge in [-0.15, -0.1) is 11.3 Å². The van der Waals surface area contributed by atoms with Gasteiger partial charge in [-0.1, -0.05) is 23.7 Å². The Balaban J connectivity index is 0.000000396. The highest BCUT2D eigenvalue weighted by molar-refractivity contribution is 7.15. The molecule has 1 amide bonds. The molecule has 0 bridgehead atoms. The highest BCUT2D eigenvalue weighted by Crippen LogP contribution is 2.37. The number of hydrogen-bond acceptors (Lipinski definition) is 8. The Labute approximate surface area is 222 Å². The zero-order chi connectivity index (χ0) is 26.4. The first-order valence-corrected chi connectivity index (χ1v) is 12.9. The van der Waals surface area contributed by atoms with Crippen molar-refractivity contribution in [1.82, 2.24) is 30.3 Å². The largest absolute Gasteiger partial charge is 0.403 e. The standard InChI is InChI=1S/C21H24FN7O.C4H4ClNS/c22-16-7-2-1-6-15(16)21-27-19-11-25-17(18(10-23)28-24)9-20(19)29(21)14-5-3-4-13(8-14)26-12-30;1-3-6-2-4(5)7-3/h1-2,6-7,9-14,28H,3-5,8,23-24H2,(H,26,30);2H,1H3/b18-10-;. The predicted molar refractivity (Wildman–Crippen MR) is 145 cm³/mol. The summed E-state index contributed by atoms with van der Waals surface area (Å²) in [4.78, 5) is 24.0. The summed E-state index contributed by atoms with van der Waals surface area (Å²) in [6, 6.07) is 8.55. The van der Waals surface area contributed by atoms with Crippen LogP contribution in [0.15, 0.2) is 48.9 Å². The molecule has 1 aromatic carbocycles. The van der Waals surface area contributed by atoms with Crippen molar-refractivity contribution in [2.24, 2.45) is 11.6 Å². The minimum Gasteiger partial charge on any atom is -0.403 e. The van der Waals surface area contributed by atoms with Crippen molar-refractivity contribution in [3.8, 4) is 11.4 Å². The number of halogens is 2. The number of aryl methyl sites for hydroxylation is 1. The third-order valence-corrected chi connectivity index (χ3v) is 7.23. The molecule has 1 saturated carbocycles. The first kappa shape index (κ1) is 26.5. The lowest BCUT2D eigenvalue weighted by atomic mass is 9.90. The van der Waals surface area contributed by atoms with Crippen LogP contribution in [0.3, 0.4) is 0 Å². The summed E-state index contributed by atoms with van der Waals surface area (Å²) >= 11 is 7.01. The zero-order valence-electron chi connectivity index (χ0n) is 20.2. The molecule has 1 fully saturated rings. The van der Waals surface area contributed by atoms with E-state index in [0.29, 0.717) is 28.3 Å². The summed E-state index contributed by atoms with van der Waals surface area (Å²) < 4.78 is 17.5. The van der Waals surface area contributed by atoms with E-state index in [9.17, 15) is 9.18 Å². The molecule has 9 nitrogen and oxygen atoms in total. The second-order valence-corrected chi connectivity index (χ2v) is 10.4. The van der Waals surface area contributed by atoms with E-state index in [0.717, 1.165) is 47.0 Å². The van der Waals surface area contributed by atoms with E-state index in [1.54, 1.807) is 30.6 Å². The minimum absolute atomic E-state index is 0.0437. The van der Waals surface area contributed by atoms with Crippen molar-refractivity contribution in [3.05, 3.63) is 69.8 Å². The maximum absolute atomic E-state index is 14.7. The van der Waals surface area contributed by atoms with E-state index in [1.807, 2.05) is 13.0 Å². The lowest BCUT2D eigenvalue weighted by molar-refractivity contribution is -0.110. The minimum atomic E-state index is -0.341. The molecule has 194 valence electrons. The van der Waals surface area contributed by atoms with Gasteiger partial charge in [0.15, 0.2) is 0 Å². The maximum Gasteiger partial charge on any atom is 0.207 e. The number of carbonyl (C=O) groups excluding carboxylic acids is 1. The van der Waals surface area contributed by atoms with Crippen LogP contribution in [0.5, 0.6) is 0 Å². The molecule has 3 heterocycles. The molecular weight excluding hydrogens is 515 g/mol. The lowest BCUT2D eigenvalue weighted by Crippen LogP contribution is -2.34. The van der Waals surface area contributed by atoms with Crippen LogP contribution in [0.2, 0.25) is 4.34 Å². The number of fused-ring (bicyclic) bond motifs is 1. The lowest BCUT2D eigenvalue weighted by Gasteiger charge is -2.31. The molecule has 6 N–H and O–H groups in total. The molecule has 1 aliphatic rings. The number of nitrogens with two attached hydrogens (primary N) is 2. The fourth-order valence-corrected chi connectivity index (χ4v) is 5.41. The smallest absolute Gasteiger partial charge is 0.207 e. The van der Waals surface area contributed by atoms with E-state index in [4.69, 9.17) is 28.2 Å². The molecule has 37 heavy (non-hydrogen) atoms. The SMILES string of the molecule is Cc1ncc(Cl)s1.N/C=C(\NN)c1cc2c(cn1)nc(-c1ccccc1F)n2C1CCCC(NC=O)C1. The van der Waals surface area contributed by atoms with Gasteiger partial charge in [-0.2, -0.15) is 0 Å². The number of pyridine rings is 1. The molecule has 5 rings (SSSR count). The first-order valence-electron chi connectivity index (χ1n) is 11.7. The Bertz CT molecular complexity index is 1390. The number of aromatic nitrogens is 4. The highest BCUT2D eigenvalue weighted by Gasteiger charge is 2.28. The molecular formula is C25H28ClFN8OS. The van der Waals surface area contributed by atoms with Crippen molar-refractivity contribution in [1.29, 1.82) is 0 Å². The molecule has 0 saturated heterocycles. The van der Waals surface area contributed by atoms with E-state index >= 15 is 0 Å². The van der Waals surface area contributed by atoms with Gasteiger partial charge in [0.05, 0.1) is 39.9 Å². The number of nitrogens with one attached hydrogen (secondary N) is 2. The fraction of sp³-hybridized carbons (Fsp3) is 0.280. The zero-order valence-corrected chi connectivity index (χ0v) is 21.8. The Morgan fingerprint density at radius 2 is 2.08 bits per heavy atom. The number of hydrogen-bond donors (Lipinski definition) is 4. The number of thiazole rings is 1. The number of nitrogens with zero attached hydrogens (tertiary/aromatic N) is 4. The number of amides is 1. The second kappa shape index (κ2) is 12.1. The molecule has 2 atom stereocenters. The normalized spacial score (nSPS) is 17.7. The molecule has 4 aromatic rings. The summed E-state index contributed by atoms with van der Waals surface area (Å²) in [6.45, 7) is 1.93. The van der Waals surface area contributed by atoms with Crippen LogP contribution in [0.1, 0.15) is 42.4 Å². The van der Waals surface area contributed by atoms with Crippen molar-refractivity contribution in [2.75, 3.05) is 0 Å². The quantitative estimate of drug-likeness (QED) is 0.162. The van der Waals surface area contributed by atoms with Gasteiger partial charge in [0.25, 0.3) is 0 Å². The maximum atomic E-state index is 14.7. The second-order valence-electron chi connectivity index (χ2n) is 8.55. The Kier molecular flexibility index (Phi) is 8.70. The predicted octanol–water partition coefficient (Wildman–Crippen LogP) is 4.29. The van der Waals surface area contributed by atoms with Crippen molar-refractivity contribution >= 4 is 46.1 Å². The monoisotopic (exact) mass is 542 g/mol. The molecule has 0 aliphatic heterocycles. The van der Waals surface area contributed by atoms with Gasteiger partial charge in [-0.25, -0.2) is 14.4 Å². The van der Waals surface area contributed by atoms with Crippen LogP contribution >= 0.6 is 22.9 Å². The summed E-state index contributed by atoms with van der Waals surface area (Å²) in [5.41, 5.74) is 11.1. The third-order valence-electron chi connectivity index (χ3n) is 6.20. The summed E-state index contributed by atoms with van der Waals surface area (Å²) in [5.74, 6) is 5.75. The number of rotatable bonds is 6. The average molecular weight is 543 g/mol. The number of carbonyl (C=O) groups is 1. The topological polar surface area (TPSA) is 137 Å². The molecule has 12 heteroatoms. The van der Waals surface area contributed by atoms with Gasteiger partial charge < -0.3 is 21.0 Å².